The highest BCUT2D eigenvalue weighted by Gasteiger charge is 2.24. The molecule has 1 saturated heterocycles. The highest BCUT2D eigenvalue weighted by molar-refractivity contribution is 7.98. The number of amides is 1. The molecule has 1 amide bonds. The number of thioether (sulfide) groups is 1. The van der Waals surface area contributed by atoms with E-state index in [0.29, 0.717) is 18.7 Å². The van der Waals surface area contributed by atoms with Gasteiger partial charge in [0.05, 0.1) is 28.3 Å². The summed E-state index contributed by atoms with van der Waals surface area (Å²) in [7, 11) is -4.04. The van der Waals surface area contributed by atoms with E-state index in [0.717, 1.165) is 30.6 Å². The van der Waals surface area contributed by atoms with Gasteiger partial charge in [-0.1, -0.05) is 25.0 Å². The van der Waals surface area contributed by atoms with Gasteiger partial charge in [0.25, 0.3) is 15.9 Å². The van der Waals surface area contributed by atoms with Gasteiger partial charge >= 0.3 is 5.97 Å². The van der Waals surface area contributed by atoms with Crippen molar-refractivity contribution in [3.63, 3.8) is 0 Å². The molecule has 1 aliphatic heterocycles. The van der Waals surface area contributed by atoms with Gasteiger partial charge in [-0.15, -0.1) is 11.8 Å². The lowest BCUT2D eigenvalue weighted by molar-refractivity contribution is 0.0527. The van der Waals surface area contributed by atoms with E-state index in [1.807, 2.05) is 11.2 Å². The highest BCUT2D eigenvalue weighted by atomic mass is 32.2. The maximum absolute atomic E-state index is 13.2. The molecule has 32 heavy (non-hydrogen) atoms. The molecule has 0 aromatic heterocycles. The van der Waals surface area contributed by atoms with Crippen molar-refractivity contribution >= 4 is 39.3 Å². The molecule has 0 saturated carbocycles. The average molecular weight is 477 g/mol. The fourth-order valence-electron chi connectivity index (χ4n) is 3.63. The van der Waals surface area contributed by atoms with Gasteiger partial charge in [-0.05, 0) is 56.4 Å². The summed E-state index contributed by atoms with van der Waals surface area (Å²) < 4.78 is 33.8. The van der Waals surface area contributed by atoms with Gasteiger partial charge in [-0.25, -0.2) is 13.2 Å². The Balaban J connectivity index is 1.93. The fourth-order valence-corrected chi connectivity index (χ4v) is 5.30. The van der Waals surface area contributed by atoms with Gasteiger partial charge in [0.2, 0.25) is 0 Å². The van der Waals surface area contributed by atoms with E-state index in [1.54, 1.807) is 25.1 Å². The second-order valence-corrected chi connectivity index (χ2v) is 9.97. The lowest BCUT2D eigenvalue weighted by Crippen LogP contribution is -2.32. The standard InChI is InChI=1S/C23H28N2O5S2/c1-3-30-23(27)18-10-6-7-11-20(18)24-32(28,29)17-12-13-21(31-2)19(16-17)22(26)25-14-8-4-5-9-15-25/h6-7,10-13,16,24H,3-5,8-9,14-15H2,1-2H3. The lowest BCUT2D eigenvalue weighted by Gasteiger charge is -2.22. The fraction of sp³-hybridized carbons (Fsp3) is 0.391. The first-order valence-electron chi connectivity index (χ1n) is 10.6. The van der Waals surface area contributed by atoms with Crippen LogP contribution in [0.1, 0.15) is 53.3 Å². The summed E-state index contributed by atoms with van der Waals surface area (Å²) in [6, 6.07) is 10.8. The van der Waals surface area contributed by atoms with Crippen LogP contribution in [0.2, 0.25) is 0 Å². The van der Waals surface area contributed by atoms with Crippen LogP contribution in [0.15, 0.2) is 52.3 Å². The molecule has 3 rings (SSSR count). The number of likely N-dealkylation sites (tertiary alicyclic amines) is 1. The number of ether oxygens (including phenoxy) is 1. The molecule has 0 radical (unpaired) electrons. The van der Waals surface area contributed by atoms with Crippen molar-refractivity contribution < 1.29 is 22.7 Å². The minimum absolute atomic E-state index is 0.0351. The topological polar surface area (TPSA) is 92.8 Å². The molecule has 1 aliphatic rings. The van der Waals surface area contributed by atoms with E-state index >= 15 is 0 Å². The summed E-state index contributed by atoms with van der Waals surface area (Å²) in [5, 5.41) is 0. The first-order chi connectivity index (χ1) is 15.4. The van der Waals surface area contributed by atoms with Gasteiger partial charge in [0, 0.05) is 18.0 Å². The van der Waals surface area contributed by atoms with Crippen LogP contribution in [0.5, 0.6) is 0 Å². The quantitative estimate of drug-likeness (QED) is 0.470. The Morgan fingerprint density at radius 3 is 2.38 bits per heavy atom. The zero-order chi connectivity index (χ0) is 23.1. The number of rotatable bonds is 7. The number of esters is 1. The Morgan fingerprint density at radius 1 is 1.03 bits per heavy atom. The minimum Gasteiger partial charge on any atom is -0.462 e. The monoisotopic (exact) mass is 476 g/mol. The molecule has 0 aliphatic carbocycles. The van der Waals surface area contributed by atoms with E-state index in [-0.39, 0.29) is 28.7 Å². The molecule has 2 aromatic rings. The number of hydrogen-bond donors (Lipinski definition) is 1. The Hall–Kier alpha value is -2.52. The number of sulfonamides is 1. The predicted octanol–water partition coefficient (Wildman–Crippen LogP) is 4.40. The number of carbonyl (C=O) groups excluding carboxylic acids is 2. The first-order valence-corrected chi connectivity index (χ1v) is 13.3. The third-order valence-electron chi connectivity index (χ3n) is 5.27. The smallest absolute Gasteiger partial charge is 0.340 e. The highest BCUT2D eigenvalue weighted by Crippen LogP contribution is 2.28. The van der Waals surface area contributed by atoms with Crippen LogP contribution in [-0.4, -0.2) is 51.1 Å². The molecule has 1 heterocycles. The number of para-hydroxylation sites is 1. The number of anilines is 1. The summed E-state index contributed by atoms with van der Waals surface area (Å²) in [6.07, 6.45) is 5.94. The van der Waals surface area contributed by atoms with Crippen LogP contribution < -0.4 is 4.72 Å². The van der Waals surface area contributed by atoms with Crippen molar-refractivity contribution in [1.29, 1.82) is 0 Å². The summed E-state index contributed by atoms with van der Waals surface area (Å²) >= 11 is 1.40. The summed E-state index contributed by atoms with van der Waals surface area (Å²) in [6.45, 7) is 3.21. The lowest BCUT2D eigenvalue weighted by atomic mass is 10.2. The summed E-state index contributed by atoms with van der Waals surface area (Å²) in [5.74, 6) is -0.763. The number of benzene rings is 2. The molecule has 1 fully saturated rings. The molecule has 7 nitrogen and oxygen atoms in total. The van der Waals surface area contributed by atoms with Crippen LogP contribution in [0.4, 0.5) is 5.69 Å². The number of carbonyl (C=O) groups is 2. The van der Waals surface area contributed by atoms with Gasteiger partial charge in [0.15, 0.2) is 0 Å². The third-order valence-corrected chi connectivity index (χ3v) is 7.43. The Morgan fingerprint density at radius 2 is 1.72 bits per heavy atom. The van der Waals surface area contributed by atoms with Crippen LogP contribution in [0, 0.1) is 0 Å². The molecular formula is C23H28N2O5S2. The molecule has 1 N–H and O–H groups in total. The van der Waals surface area contributed by atoms with E-state index in [1.165, 1.54) is 36.0 Å². The number of nitrogens with zero attached hydrogens (tertiary/aromatic N) is 1. The first kappa shape index (κ1) is 24.1. The van der Waals surface area contributed by atoms with Crippen LogP contribution in [-0.2, 0) is 14.8 Å². The van der Waals surface area contributed by atoms with E-state index in [9.17, 15) is 18.0 Å². The van der Waals surface area contributed by atoms with Crippen molar-refractivity contribution in [2.45, 2.75) is 42.4 Å². The molecule has 0 unspecified atom stereocenters. The van der Waals surface area contributed by atoms with Gasteiger partial charge in [-0.3, -0.25) is 9.52 Å². The van der Waals surface area contributed by atoms with Crippen molar-refractivity contribution in [3.8, 4) is 0 Å². The van der Waals surface area contributed by atoms with Crippen LogP contribution >= 0.6 is 11.8 Å². The van der Waals surface area contributed by atoms with E-state index in [2.05, 4.69) is 4.72 Å². The Kier molecular flexibility index (Phi) is 8.20. The van der Waals surface area contributed by atoms with Crippen molar-refractivity contribution in [2.75, 3.05) is 30.7 Å². The molecule has 172 valence electrons. The molecule has 2 aromatic carbocycles. The van der Waals surface area contributed by atoms with Crippen molar-refractivity contribution in [2.24, 2.45) is 0 Å². The zero-order valence-electron chi connectivity index (χ0n) is 18.3. The minimum atomic E-state index is -4.04. The van der Waals surface area contributed by atoms with E-state index in [4.69, 9.17) is 4.74 Å². The van der Waals surface area contributed by atoms with Gasteiger partial charge in [-0.2, -0.15) is 0 Å². The molecule has 0 atom stereocenters. The molecule has 0 bridgehead atoms. The number of hydrogen-bond acceptors (Lipinski definition) is 6. The number of nitrogens with one attached hydrogen (secondary N) is 1. The second kappa shape index (κ2) is 10.9. The van der Waals surface area contributed by atoms with Crippen LogP contribution in [0.25, 0.3) is 0 Å². The van der Waals surface area contributed by atoms with E-state index < -0.39 is 16.0 Å². The Bertz CT molecular complexity index is 1080. The maximum Gasteiger partial charge on any atom is 0.340 e. The summed E-state index contributed by atoms with van der Waals surface area (Å²) in [5.41, 5.74) is 0.626. The van der Waals surface area contributed by atoms with Crippen molar-refractivity contribution in [3.05, 3.63) is 53.6 Å². The van der Waals surface area contributed by atoms with Crippen molar-refractivity contribution in [1.82, 2.24) is 4.90 Å². The third kappa shape index (κ3) is 5.63. The molecular weight excluding hydrogens is 448 g/mol. The predicted molar refractivity (Wildman–Crippen MR) is 126 cm³/mol. The summed E-state index contributed by atoms with van der Waals surface area (Å²) in [4.78, 5) is 27.9. The molecule has 0 spiro atoms. The average Bonchev–Trinajstić information content (AvgIpc) is 3.08. The van der Waals surface area contributed by atoms with Crippen LogP contribution in [0.3, 0.4) is 0 Å². The SMILES string of the molecule is CCOC(=O)c1ccccc1NS(=O)(=O)c1ccc(SC)c(C(=O)N2CCCCCC2)c1. The van der Waals surface area contributed by atoms with Gasteiger partial charge < -0.3 is 9.64 Å². The maximum atomic E-state index is 13.2. The molecule has 9 heteroatoms. The zero-order valence-corrected chi connectivity index (χ0v) is 19.9. The normalized spacial score (nSPS) is 14.5. The van der Waals surface area contributed by atoms with Gasteiger partial charge in [0.1, 0.15) is 0 Å². The Labute approximate surface area is 193 Å². The largest absolute Gasteiger partial charge is 0.462 e. The second-order valence-electron chi connectivity index (χ2n) is 7.44.